The summed E-state index contributed by atoms with van der Waals surface area (Å²) >= 11 is 0. The summed E-state index contributed by atoms with van der Waals surface area (Å²) in [6.07, 6.45) is 0.111. The van der Waals surface area contributed by atoms with Crippen LogP contribution in [0.25, 0.3) is 0 Å². The van der Waals surface area contributed by atoms with E-state index in [1.165, 1.54) is 4.90 Å². The molecule has 4 aromatic carbocycles. The number of rotatable bonds is 4. The minimum atomic E-state index is -2.55. The lowest BCUT2D eigenvalue weighted by Crippen LogP contribution is -2.35. The van der Waals surface area contributed by atoms with Gasteiger partial charge in [0.1, 0.15) is 0 Å². The predicted octanol–water partition coefficient (Wildman–Crippen LogP) is 4.12. The third kappa shape index (κ3) is 3.23. The molecule has 0 spiro atoms. The third-order valence-corrected chi connectivity index (χ3v) is 10.2. The van der Waals surface area contributed by atoms with Crippen LogP contribution in [0.15, 0.2) is 121 Å². The number of hydrogen-bond acceptors (Lipinski definition) is 2. The summed E-state index contributed by atoms with van der Waals surface area (Å²) < 4.78 is 0. The van der Waals surface area contributed by atoms with Crippen LogP contribution in [0, 0.1) is 0 Å². The molecule has 1 fully saturated rings. The topological polar surface area (TPSA) is 37.4 Å². The number of carbonyl (C=O) groups is 2. The monoisotopic (exact) mass is 435 g/mol. The smallest absolute Gasteiger partial charge is 0.262 e. The van der Waals surface area contributed by atoms with E-state index in [4.69, 9.17) is 0 Å². The minimum absolute atomic E-state index is 0.111. The first-order valence-electron chi connectivity index (χ1n) is 10.6. The van der Waals surface area contributed by atoms with Gasteiger partial charge in [-0.2, -0.15) is 0 Å². The lowest BCUT2D eigenvalue weighted by Gasteiger charge is -2.31. The van der Waals surface area contributed by atoms with Crippen molar-refractivity contribution in [3.05, 3.63) is 121 Å². The Labute approximate surface area is 187 Å². The summed E-state index contributed by atoms with van der Waals surface area (Å²) in [5.74, 6) is -0.380. The average molecular weight is 435 g/mol. The second-order valence-corrected chi connectivity index (χ2v) is 11.1. The van der Waals surface area contributed by atoms with Crippen molar-refractivity contribution in [2.24, 2.45) is 0 Å². The lowest BCUT2D eigenvalue weighted by atomic mass is 10.3. The zero-order valence-electron chi connectivity index (χ0n) is 17.5. The molecule has 0 aliphatic carbocycles. The number of benzene rings is 4. The van der Waals surface area contributed by atoms with Crippen LogP contribution in [0.4, 0.5) is 5.69 Å². The fourth-order valence-electron chi connectivity index (χ4n) is 4.51. The second-order valence-electron chi connectivity index (χ2n) is 7.67. The van der Waals surface area contributed by atoms with E-state index in [0.29, 0.717) is 11.0 Å². The number of para-hydroxylation sites is 1. The SMILES string of the molecule is O=C1CC(=P(c2ccccc2)(c2ccccc2)c2ccccc2)C(=O)N1c1ccccc1. The highest BCUT2D eigenvalue weighted by atomic mass is 31.2. The van der Waals surface area contributed by atoms with Gasteiger partial charge in [-0.3, -0.25) is 9.59 Å². The Kier molecular flexibility index (Phi) is 5.34. The Morgan fingerprint density at radius 2 is 0.906 bits per heavy atom. The van der Waals surface area contributed by atoms with Gasteiger partial charge in [0, 0.05) is 5.29 Å². The van der Waals surface area contributed by atoms with E-state index in [2.05, 4.69) is 36.4 Å². The van der Waals surface area contributed by atoms with Crippen molar-refractivity contribution in [3.63, 3.8) is 0 Å². The largest absolute Gasteiger partial charge is 0.274 e. The molecule has 4 heteroatoms. The van der Waals surface area contributed by atoms with Gasteiger partial charge in [-0.05, 0) is 34.9 Å². The van der Waals surface area contributed by atoms with Crippen LogP contribution >= 0.6 is 6.89 Å². The molecule has 0 bridgehead atoms. The molecular weight excluding hydrogens is 413 g/mol. The Hall–Kier alpha value is -3.68. The molecule has 156 valence electrons. The number of imide groups is 1. The van der Waals surface area contributed by atoms with Crippen molar-refractivity contribution in [1.29, 1.82) is 0 Å². The van der Waals surface area contributed by atoms with Gasteiger partial charge in [0.2, 0.25) is 5.91 Å². The summed E-state index contributed by atoms with van der Waals surface area (Å²) in [4.78, 5) is 28.6. The fourth-order valence-corrected chi connectivity index (χ4v) is 8.96. The Bertz CT molecular complexity index is 1210. The van der Waals surface area contributed by atoms with E-state index in [-0.39, 0.29) is 18.2 Å². The molecule has 1 saturated heterocycles. The van der Waals surface area contributed by atoms with Gasteiger partial charge in [0.05, 0.1) is 12.1 Å². The molecule has 5 rings (SSSR count). The van der Waals surface area contributed by atoms with Gasteiger partial charge < -0.3 is 0 Å². The van der Waals surface area contributed by atoms with Gasteiger partial charge in [0.25, 0.3) is 5.91 Å². The maximum atomic E-state index is 14.0. The first kappa shape index (κ1) is 20.2. The van der Waals surface area contributed by atoms with Crippen LogP contribution in [0.5, 0.6) is 0 Å². The Balaban J connectivity index is 1.90. The number of hydrogen-bond donors (Lipinski definition) is 0. The highest BCUT2D eigenvalue weighted by molar-refractivity contribution is 7.96. The number of nitrogens with zero attached hydrogens (tertiary/aromatic N) is 1. The van der Waals surface area contributed by atoms with Crippen LogP contribution in [0.2, 0.25) is 0 Å². The molecule has 4 aromatic rings. The van der Waals surface area contributed by atoms with Crippen LogP contribution in [0.3, 0.4) is 0 Å². The van der Waals surface area contributed by atoms with Gasteiger partial charge in [-0.15, -0.1) is 0 Å². The average Bonchev–Trinajstić information content (AvgIpc) is 3.16. The summed E-state index contributed by atoms with van der Waals surface area (Å²) in [7, 11) is 0. The van der Waals surface area contributed by atoms with Crippen molar-refractivity contribution in [2.45, 2.75) is 6.42 Å². The molecule has 0 atom stereocenters. The van der Waals surface area contributed by atoms with E-state index >= 15 is 0 Å². The molecule has 3 nitrogen and oxygen atoms in total. The molecule has 0 radical (unpaired) electrons. The maximum Gasteiger partial charge on any atom is 0.262 e. The fraction of sp³-hybridized carbons (Fsp3) is 0.0357. The summed E-state index contributed by atoms with van der Waals surface area (Å²) in [6.45, 7) is -2.55. The van der Waals surface area contributed by atoms with Crippen LogP contribution in [0.1, 0.15) is 6.42 Å². The minimum Gasteiger partial charge on any atom is -0.274 e. The quantitative estimate of drug-likeness (QED) is 0.357. The molecule has 1 aliphatic rings. The normalized spacial score (nSPS) is 14.1. The zero-order valence-corrected chi connectivity index (χ0v) is 18.4. The standard InChI is InChI=1S/C28H22NO2P/c30-27-21-26(28(31)29(27)22-13-5-1-6-14-22)32(23-15-7-2-8-16-23,24-17-9-3-10-18-24)25-19-11-4-12-20-25/h1-20H,21H2. The summed E-state index contributed by atoms with van der Waals surface area (Å²) in [5.41, 5.74) is 0.616. The van der Waals surface area contributed by atoms with Crippen LogP contribution in [-0.2, 0) is 9.59 Å². The summed E-state index contributed by atoms with van der Waals surface area (Å²) in [5, 5.41) is 3.89. The van der Waals surface area contributed by atoms with Gasteiger partial charge in [-0.25, -0.2) is 4.90 Å². The summed E-state index contributed by atoms with van der Waals surface area (Å²) in [6, 6.07) is 39.7. The van der Waals surface area contributed by atoms with Crippen molar-refractivity contribution >= 4 is 45.6 Å². The molecule has 0 aromatic heterocycles. The van der Waals surface area contributed by atoms with Crippen molar-refractivity contribution in [3.8, 4) is 0 Å². The highest BCUT2D eigenvalue weighted by Gasteiger charge is 2.42. The van der Waals surface area contributed by atoms with E-state index in [9.17, 15) is 9.59 Å². The van der Waals surface area contributed by atoms with Gasteiger partial charge >= 0.3 is 0 Å². The highest BCUT2D eigenvalue weighted by Crippen LogP contribution is 2.48. The lowest BCUT2D eigenvalue weighted by molar-refractivity contribution is -0.120. The Morgan fingerprint density at radius 3 is 1.31 bits per heavy atom. The van der Waals surface area contributed by atoms with E-state index in [1.807, 2.05) is 84.9 Å². The zero-order chi connectivity index (χ0) is 22.0. The Morgan fingerprint density at radius 1 is 0.531 bits per heavy atom. The number of carbonyl (C=O) groups excluding carboxylic acids is 2. The third-order valence-electron chi connectivity index (χ3n) is 5.87. The number of anilines is 1. The molecule has 0 unspecified atom stereocenters. The predicted molar refractivity (Wildman–Crippen MR) is 134 cm³/mol. The van der Waals surface area contributed by atoms with Crippen molar-refractivity contribution in [2.75, 3.05) is 4.90 Å². The maximum absolute atomic E-state index is 14.0. The van der Waals surface area contributed by atoms with E-state index in [0.717, 1.165) is 15.9 Å². The van der Waals surface area contributed by atoms with E-state index < -0.39 is 6.89 Å². The second kappa shape index (κ2) is 8.45. The van der Waals surface area contributed by atoms with Gasteiger partial charge in [-0.1, -0.05) is 109 Å². The molecule has 32 heavy (non-hydrogen) atoms. The van der Waals surface area contributed by atoms with E-state index in [1.54, 1.807) is 0 Å². The van der Waals surface area contributed by atoms with Crippen molar-refractivity contribution < 1.29 is 9.59 Å². The van der Waals surface area contributed by atoms with Crippen LogP contribution in [-0.4, -0.2) is 17.1 Å². The molecule has 1 heterocycles. The van der Waals surface area contributed by atoms with Gasteiger partial charge in [0.15, 0.2) is 0 Å². The molecular formula is C28H22NO2P. The molecule has 0 N–H and O–H groups in total. The van der Waals surface area contributed by atoms with Crippen LogP contribution < -0.4 is 20.8 Å². The molecule has 1 aliphatic heterocycles. The van der Waals surface area contributed by atoms with Crippen molar-refractivity contribution in [1.82, 2.24) is 0 Å². The first-order valence-corrected chi connectivity index (χ1v) is 12.4. The molecule has 2 amide bonds. The molecule has 0 saturated carbocycles. The number of amides is 2. The first-order chi connectivity index (χ1) is 15.7.